The first kappa shape index (κ1) is 18.5. The van der Waals surface area contributed by atoms with E-state index in [0.29, 0.717) is 20.4 Å². The molecule has 0 radical (unpaired) electrons. The van der Waals surface area contributed by atoms with Crippen LogP contribution in [0.4, 0.5) is 0 Å². The molecule has 0 fully saturated rings. The van der Waals surface area contributed by atoms with E-state index in [-0.39, 0.29) is 12.2 Å². The Hall–Kier alpha value is -0.840. The van der Waals surface area contributed by atoms with E-state index in [1.165, 1.54) is 6.07 Å². The average Bonchev–Trinajstić information content (AvgIpc) is 2.46. The van der Waals surface area contributed by atoms with Crippen molar-refractivity contribution in [2.75, 3.05) is 0 Å². The summed E-state index contributed by atoms with van der Waals surface area (Å²) in [6, 6.07) is 7.51. The second-order valence-corrected chi connectivity index (χ2v) is 7.62. The summed E-state index contributed by atoms with van der Waals surface area (Å²) in [6.45, 7) is 0. The summed E-state index contributed by atoms with van der Waals surface area (Å²) in [6.07, 6.45) is 0.231. The van der Waals surface area contributed by atoms with E-state index in [2.05, 4.69) is 54.5 Å². The molecule has 5 nitrogen and oxygen atoms in total. The molecule has 0 amide bonds. The van der Waals surface area contributed by atoms with Gasteiger partial charge in [0.1, 0.15) is 17.5 Å². The lowest BCUT2D eigenvalue weighted by Gasteiger charge is -2.13. The zero-order chi connectivity index (χ0) is 17.1. The molecular weight excluding hydrogens is 545 g/mol. The van der Waals surface area contributed by atoms with Crippen molar-refractivity contribution < 1.29 is 19.7 Å². The van der Waals surface area contributed by atoms with E-state index in [1.807, 2.05) is 6.07 Å². The number of hydrogen-bond donors (Lipinski definition) is 3. The number of aromatic hydroxyl groups is 1. The first-order valence-electron chi connectivity index (χ1n) is 6.40. The normalized spacial score (nSPS) is 12.0. The molecule has 0 aliphatic rings. The van der Waals surface area contributed by atoms with Gasteiger partial charge in [-0.05, 0) is 96.8 Å². The van der Waals surface area contributed by atoms with Crippen LogP contribution >= 0.6 is 54.5 Å². The Bertz CT molecular complexity index is 731. The number of nitrogens with two attached hydrogens (primary N) is 1. The van der Waals surface area contributed by atoms with Crippen LogP contribution in [0.5, 0.6) is 17.2 Å². The van der Waals surface area contributed by atoms with Crippen molar-refractivity contribution >= 4 is 60.4 Å². The summed E-state index contributed by atoms with van der Waals surface area (Å²) in [5.41, 5.74) is 6.36. The van der Waals surface area contributed by atoms with Gasteiger partial charge in [0.25, 0.3) is 0 Å². The van der Waals surface area contributed by atoms with Gasteiger partial charge in [0.15, 0.2) is 5.75 Å². The van der Waals surface area contributed by atoms with Crippen molar-refractivity contribution in [3.05, 3.63) is 48.4 Å². The first-order chi connectivity index (χ1) is 10.8. The van der Waals surface area contributed by atoms with Gasteiger partial charge < -0.3 is 20.7 Å². The lowest BCUT2D eigenvalue weighted by atomic mass is 10.1. The zero-order valence-electron chi connectivity index (χ0n) is 11.6. The minimum atomic E-state index is -1.04. The molecule has 0 heterocycles. The predicted molar refractivity (Wildman–Crippen MR) is 102 cm³/mol. The van der Waals surface area contributed by atoms with Crippen LogP contribution in [0.1, 0.15) is 5.56 Å². The molecule has 0 spiro atoms. The lowest BCUT2D eigenvalue weighted by molar-refractivity contribution is -0.138. The Morgan fingerprint density at radius 2 is 1.96 bits per heavy atom. The number of carboxylic acids is 1. The quantitative estimate of drug-likeness (QED) is 0.479. The third kappa shape index (κ3) is 4.82. The van der Waals surface area contributed by atoms with Gasteiger partial charge in [-0.15, -0.1) is 0 Å². The fourth-order valence-corrected chi connectivity index (χ4v) is 3.96. The van der Waals surface area contributed by atoms with Crippen LogP contribution in [0, 0.1) is 3.57 Å². The third-order valence-electron chi connectivity index (χ3n) is 2.97. The monoisotopic (exact) mass is 555 g/mol. The number of rotatable bonds is 5. The highest BCUT2D eigenvalue weighted by molar-refractivity contribution is 14.1. The smallest absolute Gasteiger partial charge is 0.320 e. The molecule has 0 aliphatic heterocycles. The molecule has 0 aliphatic carbocycles. The number of benzene rings is 2. The fourth-order valence-electron chi connectivity index (χ4n) is 1.84. The highest BCUT2D eigenvalue weighted by Gasteiger charge is 2.16. The second kappa shape index (κ2) is 7.82. The molecular formula is C15H12Br2INO4. The number of halogens is 3. The third-order valence-corrected chi connectivity index (χ3v) is 5.00. The van der Waals surface area contributed by atoms with Gasteiger partial charge in [-0.2, -0.15) is 0 Å². The molecule has 4 N–H and O–H groups in total. The lowest BCUT2D eigenvalue weighted by Crippen LogP contribution is -2.32. The summed E-state index contributed by atoms with van der Waals surface area (Å²) < 4.78 is 7.88. The van der Waals surface area contributed by atoms with Gasteiger partial charge >= 0.3 is 5.97 Å². The first-order valence-corrected chi connectivity index (χ1v) is 9.07. The van der Waals surface area contributed by atoms with E-state index in [4.69, 9.17) is 15.6 Å². The largest absolute Gasteiger partial charge is 0.507 e. The number of phenols is 1. The van der Waals surface area contributed by atoms with Crippen molar-refractivity contribution in [1.29, 1.82) is 0 Å². The molecule has 2 aromatic rings. The number of phenolic OH excluding ortho intramolecular Hbond substituents is 1. The Morgan fingerprint density at radius 1 is 1.26 bits per heavy atom. The van der Waals surface area contributed by atoms with Gasteiger partial charge in [0, 0.05) is 0 Å². The van der Waals surface area contributed by atoms with Gasteiger partial charge in [0.2, 0.25) is 0 Å². The SMILES string of the molecule is N[C@@H](Cc1cc(Br)c(Oc2ccc(O)c(Br)c2)c(I)c1)C(=O)O. The predicted octanol–water partition coefficient (Wildman–Crippen LogP) is 4.27. The highest BCUT2D eigenvalue weighted by atomic mass is 127. The van der Waals surface area contributed by atoms with Gasteiger partial charge in [-0.3, -0.25) is 4.79 Å². The number of carboxylic acid groups (broad SMARTS) is 1. The Kier molecular flexibility index (Phi) is 6.29. The van der Waals surface area contributed by atoms with Crippen LogP contribution in [0.25, 0.3) is 0 Å². The van der Waals surface area contributed by atoms with E-state index in [9.17, 15) is 9.90 Å². The summed E-state index contributed by atoms with van der Waals surface area (Å²) in [5.74, 6) is 0.258. The molecule has 0 unspecified atom stereocenters. The molecule has 0 saturated heterocycles. The molecule has 0 aromatic heterocycles. The zero-order valence-corrected chi connectivity index (χ0v) is 16.9. The van der Waals surface area contributed by atoms with Crippen molar-refractivity contribution in [2.24, 2.45) is 5.73 Å². The van der Waals surface area contributed by atoms with Crippen molar-refractivity contribution in [3.8, 4) is 17.2 Å². The molecule has 2 rings (SSSR count). The van der Waals surface area contributed by atoms with Gasteiger partial charge in [0.05, 0.1) is 12.5 Å². The van der Waals surface area contributed by atoms with Gasteiger partial charge in [-0.1, -0.05) is 0 Å². The molecule has 0 saturated carbocycles. The van der Waals surface area contributed by atoms with Crippen LogP contribution in [0.2, 0.25) is 0 Å². The topological polar surface area (TPSA) is 92.8 Å². The van der Waals surface area contributed by atoms with Crippen LogP contribution in [-0.4, -0.2) is 22.2 Å². The average molecular weight is 557 g/mol. The van der Waals surface area contributed by atoms with E-state index in [1.54, 1.807) is 18.2 Å². The van der Waals surface area contributed by atoms with Crippen molar-refractivity contribution in [2.45, 2.75) is 12.5 Å². The van der Waals surface area contributed by atoms with E-state index < -0.39 is 12.0 Å². The number of carbonyl (C=O) groups is 1. The van der Waals surface area contributed by atoms with Crippen molar-refractivity contribution in [3.63, 3.8) is 0 Å². The molecule has 8 heteroatoms. The molecule has 1 atom stereocenters. The molecule has 23 heavy (non-hydrogen) atoms. The summed E-state index contributed by atoms with van der Waals surface area (Å²) in [4.78, 5) is 10.9. The minimum absolute atomic E-state index is 0.129. The van der Waals surface area contributed by atoms with Crippen LogP contribution in [0.15, 0.2) is 39.3 Å². The molecule has 122 valence electrons. The Labute approximate surface area is 163 Å². The standard InChI is InChI=1S/C15H12Br2INO4/c16-9-6-8(1-2-13(9)20)23-14-10(17)3-7(4-11(14)18)5-12(19)15(21)22/h1-4,6,12,20H,5,19H2,(H,21,22)/t12-/m0/s1. The maximum absolute atomic E-state index is 10.9. The minimum Gasteiger partial charge on any atom is -0.507 e. The maximum Gasteiger partial charge on any atom is 0.320 e. The highest BCUT2D eigenvalue weighted by Crippen LogP contribution is 2.37. The summed E-state index contributed by atoms with van der Waals surface area (Å²) >= 11 is 8.79. The van der Waals surface area contributed by atoms with Crippen LogP contribution in [-0.2, 0) is 11.2 Å². The second-order valence-electron chi connectivity index (χ2n) is 4.75. The van der Waals surface area contributed by atoms with Crippen LogP contribution < -0.4 is 10.5 Å². The summed E-state index contributed by atoms with van der Waals surface area (Å²) in [5, 5.41) is 18.4. The molecule has 0 bridgehead atoms. The Morgan fingerprint density at radius 3 is 2.52 bits per heavy atom. The Balaban J connectivity index is 2.26. The number of ether oxygens (including phenoxy) is 1. The summed E-state index contributed by atoms with van der Waals surface area (Å²) in [7, 11) is 0. The number of aliphatic carboxylic acids is 1. The number of hydrogen-bond acceptors (Lipinski definition) is 4. The molecule has 2 aromatic carbocycles. The maximum atomic E-state index is 10.9. The van der Waals surface area contributed by atoms with Crippen molar-refractivity contribution in [1.82, 2.24) is 0 Å². The van der Waals surface area contributed by atoms with E-state index >= 15 is 0 Å². The van der Waals surface area contributed by atoms with Gasteiger partial charge in [-0.25, -0.2) is 0 Å². The fraction of sp³-hybridized carbons (Fsp3) is 0.133. The van der Waals surface area contributed by atoms with E-state index in [0.717, 1.165) is 9.13 Å². The van der Waals surface area contributed by atoms with Crippen LogP contribution in [0.3, 0.4) is 0 Å².